The maximum absolute atomic E-state index is 13.4. The molecular weight excluding hydrogens is 254 g/mol. The third-order valence-corrected chi connectivity index (χ3v) is 2.65. The zero-order valence-electron chi connectivity index (χ0n) is 10.4. The van der Waals surface area contributed by atoms with E-state index in [1.54, 1.807) is 13.0 Å². The van der Waals surface area contributed by atoms with Gasteiger partial charge in [0.25, 0.3) is 0 Å². The summed E-state index contributed by atoms with van der Waals surface area (Å²) in [5, 5.41) is 16.4. The average molecular weight is 268 g/mol. The standard InChI is InChI=1S/C13H14F2N2O2/c1-8-5-9(17-19-8)6-16-7-12(18)13-10(14)3-2-4-11(13)15/h2-5,12,16,18H,6-7H2,1H3. The minimum atomic E-state index is -1.26. The molecule has 0 amide bonds. The highest BCUT2D eigenvalue weighted by atomic mass is 19.1. The molecule has 2 N–H and O–H groups in total. The van der Waals surface area contributed by atoms with E-state index in [2.05, 4.69) is 10.5 Å². The molecule has 0 bridgehead atoms. The van der Waals surface area contributed by atoms with Crippen LogP contribution in [0.5, 0.6) is 0 Å². The fraction of sp³-hybridized carbons (Fsp3) is 0.308. The Hall–Kier alpha value is -1.79. The molecule has 102 valence electrons. The Morgan fingerprint density at radius 2 is 2.05 bits per heavy atom. The number of aryl methyl sites for hydroxylation is 1. The number of nitrogens with zero attached hydrogens (tertiary/aromatic N) is 1. The zero-order valence-corrected chi connectivity index (χ0v) is 10.4. The Labute approximate surface area is 109 Å². The Bertz CT molecular complexity index is 537. The van der Waals surface area contributed by atoms with Crippen molar-refractivity contribution in [3.63, 3.8) is 0 Å². The number of aliphatic hydroxyl groups is 1. The van der Waals surface area contributed by atoms with Gasteiger partial charge >= 0.3 is 0 Å². The molecule has 0 spiro atoms. The summed E-state index contributed by atoms with van der Waals surface area (Å²) in [7, 11) is 0. The number of hydrogen-bond donors (Lipinski definition) is 2. The number of rotatable bonds is 5. The Kier molecular flexibility index (Phi) is 4.24. The van der Waals surface area contributed by atoms with E-state index in [0.717, 1.165) is 12.1 Å². The van der Waals surface area contributed by atoms with Crippen LogP contribution in [0.3, 0.4) is 0 Å². The largest absolute Gasteiger partial charge is 0.387 e. The summed E-state index contributed by atoms with van der Waals surface area (Å²) in [4.78, 5) is 0. The first-order valence-corrected chi connectivity index (χ1v) is 5.83. The third kappa shape index (κ3) is 3.36. The first-order valence-electron chi connectivity index (χ1n) is 5.83. The molecule has 0 aliphatic carbocycles. The van der Waals surface area contributed by atoms with Gasteiger partial charge in [0.15, 0.2) is 0 Å². The van der Waals surface area contributed by atoms with Crippen molar-refractivity contribution in [2.45, 2.75) is 19.6 Å². The van der Waals surface area contributed by atoms with Crippen LogP contribution < -0.4 is 5.32 Å². The molecule has 1 aromatic heterocycles. The lowest BCUT2D eigenvalue weighted by molar-refractivity contribution is 0.164. The van der Waals surface area contributed by atoms with Crippen LogP contribution in [0.2, 0.25) is 0 Å². The fourth-order valence-corrected chi connectivity index (χ4v) is 1.77. The van der Waals surface area contributed by atoms with Gasteiger partial charge < -0.3 is 14.9 Å². The van der Waals surface area contributed by atoms with Gasteiger partial charge in [0, 0.05) is 19.2 Å². The zero-order chi connectivity index (χ0) is 13.8. The van der Waals surface area contributed by atoms with Gasteiger partial charge in [-0.2, -0.15) is 0 Å². The van der Waals surface area contributed by atoms with Crippen LogP contribution in [0.15, 0.2) is 28.8 Å². The lowest BCUT2D eigenvalue weighted by Crippen LogP contribution is -2.22. The molecule has 4 nitrogen and oxygen atoms in total. The number of nitrogens with one attached hydrogen (secondary N) is 1. The van der Waals surface area contributed by atoms with E-state index in [0.29, 0.717) is 18.0 Å². The Morgan fingerprint density at radius 1 is 1.37 bits per heavy atom. The van der Waals surface area contributed by atoms with E-state index in [1.807, 2.05) is 0 Å². The van der Waals surface area contributed by atoms with E-state index in [-0.39, 0.29) is 12.1 Å². The van der Waals surface area contributed by atoms with Gasteiger partial charge in [-0.25, -0.2) is 8.78 Å². The quantitative estimate of drug-likeness (QED) is 0.871. The van der Waals surface area contributed by atoms with Crippen molar-refractivity contribution in [1.29, 1.82) is 0 Å². The molecule has 2 aromatic rings. The van der Waals surface area contributed by atoms with Gasteiger partial charge in [-0.15, -0.1) is 0 Å². The topological polar surface area (TPSA) is 58.3 Å². The summed E-state index contributed by atoms with van der Waals surface area (Å²) in [6.07, 6.45) is -1.26. The molecule has 0 fully saturated rings. The maximum Gasteiger partial charge on any atom is 0.133 e. The number of halogens is 2. The van der Waals surface area contributed by atoms with Crippen LogP contribution in [0.1, 0.15) is 23.1 Å². The maximum atomic E-state index is 13.4. The minimum Gasteiger partial charge on any atom is -0.387 e. The van der Waals surface area contributed by atoms with Crippen molar-refractivity contribution in [3.05, 3.63) is 52.9 Å². The van der Waals surface area contributed by atoms with E-state index < -0.39 is 17.7 Å². The molecule has 1 aromatic carbocycles. The predicted octanol–water partition coefficient (Wildman–Crippen LogP) is 2.08. The smallest absolute Gasteiger partial charge is 0.133 e. The third-order valence-electron chi connectivity index (χ3n) is 2.65. The Balaban J connectivity index is 1.92. The summed E-state index contributed by atoms with van der Waals surface area (Å²) >= 11 is 0. The second kappa shape index (κ2) is 5.90. The van der Waals surface area contributed by atoms with Crippen molar-refractivity contribution in [2.75, 3.05) is 6.54 Å². The van der Waals surface area contributed by atoms with Crippen LogP contribution in [0.4, 0.5) is 8.78 Å². The molecule has 1 heterocycles. The molecule has 19 heavy (non-hydrogen) atoms. The molecule has 1 unspecified atom stereocenters. The van der Waals surface area contributed by atoms with Gasteiger partial charge in [-0.3, -0.25) is 0 Å². The van der Waals surface area contributed by atoms with E-state index in [4.69, 9.17) is 4.52 Å². The van der Waals surface area contributed by atoms with Crippen molar-refractivity contribution >= 4 is 0 Å². The van der Waals surface area contributed by atoms with Crippen LogP contribution in [-0.2, 0) is 6.54 Å². The number of aromatic nitrogens is 1. The van der Waals surface area contributed by atoms with Crippen LogP contribution in [0.25, 0.3) is 0 Å². The van der Waals surface area contributed by atoms with E-state index in [9.17, 15) is 13.9 Å². The van der Waals surface area contributed by atoms with Crippen LogP contribution in [0, 0.1) is 18.6 Å². The highest BCUT2D eigenvalue weighted by Gasteiger charge is 2.17. The molecule has 1 atom stereocenters. The number of aliphatic hydroxyl groups excluding tert-OH is 1. The average Bonchev–Trinajstić information content (AvgIpc) is 2.75. The highest BCUT2D eigenvalue weighted by Crippen LogP contribution is 2.19. The number of benzene rings is 1. The summed E-state index contributed by atoms with van der Waals surface area (Å²) in [6.45, 7) is 2.13. The summed E-state index contributed by atoms with van der Waals surface area (Å²) in [5.74, 6) is -0.837. The normalized spacial score (nSPS) is 12.6. The van der Waals surface area contributed by atoms with Crippen molar-refractivity contribution in [3.8, 4) is 0 Å². The summed E-state index contributed by atoms with van der Waals surface area (Å²) < 4.78 is 31.7. The highest BCUT2D eigenvalue weighted by molar-refractivity contribution is 5.22. The molecular formula is C13H14F2N2O2. The van der Waals surface area contributed by atoms with Crippen molar-refractivity contribution in [2.24, 2.45) is 0 Å². The minimum absolute atomic E-state index is 0.0176. The monoisotopic (exact) mass is 268 g/mol. The van der Waals surface area contributed by atoms with Crippen LogP contribution in [-0.4, -0.2) is 16.8 Å². The molecule has 0 aliphatic rings. The molecule has 0 radical (unpaired) electrons. The van der Waals surface area contributed by atoms with Crippen molar-refractivity contribution < 1.29 is 18.4 Å². The lowest BCUT2D eigenvalue weighted by Gasteiger charge is -2.13. The van der Waals surface area contributed by atoms with Gasteiger partial charge in [0.05, 0.1) is 17.4 Å². The first kappa shape index (κ1) is 13.6. The second-order valence-corrected chi connectivity index (χ2v) is 4.21. The van der Waals surface area contributed by atoms with E-state index in [1.165, 1.54) is 6.07 Å². The van der Waals surface area contributed by atoms with Crippen molar-refractivity contribution in [1.82, 2.24) is 10.5 Å². The molecule has 0 saturated heterocycles. The van der Waals surface area contributed by atoms with Gasteiger partial charge in [0.2, 0.25) is 0 Å². The predicted molar refractivity (Wildman–Crippen MR) is 64.3 cm³/mol. The second-order valence-electron chi connectivity index (χ2n) is 4.21. The summed E-state index contributed by atoms with van der Waals surface area (Å²) in [6, 6.07) is 5.22. The molecule has 0 aliphatic heterocycles. The van der Waals surface area contributed by atoms with E-state index >= 15 is 0 Å². The van der Waals surface area contributed by atoms with Crippen LogP contribution >= 0.6 is 0 Å². The SMILES string of the molecule is Cc1cc(CNCC(O)c2c(F)cccc2F)no1. The lowest BCUT2D eigenvalue weighted by atomic mass is 10.1. The Morgan fingerprint density at radius 3 is 2.63 bits per heavy atom. The molecule has 0 saturated carbocycles. The van der Waals surface area contributed by atoms with Gasteiger partial charge in [-0.1, -0.05) is 11.2 Å². The molecule has 6 heteroatoms. The summed E-state index contributed by atoms with van der Waals surface area (Å²) in [5.41, 5.74) is 0.338. The number of hydrogen-bond acceptors (Lipinski definition) is 4. The van der Waals surface area contributed by atoms with Gasteiger partial charge in [-0.05, 0) is 19.1 Å². The first-order chi connectivity index (χ1) is 9.08. The fourth-order valence-electron chi connectivity index (χ4n) is 1.77. The van der Waals surface area contributed by atoms with Gasteiger partial charge in [0.1, 0.15) is 17.4 Å². The molecule has 2 rings (SSSR count).